The highest BCUT2D eigenvalue weighted by Crippen LogP contribution is 2.16. The first-order valence-corrected chi connectivity index (χ1v) is 5.76. The first-order chi connectivity index (χ1) is 8.54. The topological polar surface area (TPSA) is 55.1 Å². The predicted octanol–water partition coefficient (Wildman–Crippen LogP) is 2.87. The van der Waals surface area contributed by atoms with Gasteiger partial charge in [-0.05, 0) is 45.8 Å². The Morgan fingerprint density at radius 3 is 2.83 bits per heavy atom. The monoisotopic (exact) mass is 310 g/mol. The molecule has 0 saturated carbocycles. The van der Waals surface area contributed by atoms with Crippen LogP contribution in [0.25, 0.3) is 11.8 Å². The maximum Gasteiger partial charge on any atom is 0.328 e. The lowest BCUT2D eigenvalue weighted by Crippen LogP contribution is -1.96. The van der Waals surface area contributed by atoms with Gasteiger partial charge in [0.1, 0.15) is 5.82 Å². The summed E-state index contributed by atoms with van der Waals surface area (Å²) in [5, 5.41) is 12.6. The van der Waals surface area contributed by atoms with E-state index in [0.717, 1.165) is 10.5 Å². The van der Waals surface area contributed by atoms with Gasteiger partial charge >= 0.3 is 5.97 Å². The first-order valence-electron chi connectivity index (χ1n) is 4.97. The molecule has 0 atom stereocenters. The predicted molar refractivity (Wildman–Crippen MR) is 67.9 cm³/mol. The molecule has 2 rings (SSSR count). The molecule has 6 heteroatoms. The van der Waals surface area contributed by atoms with E-state index < -0.39 is 11.8 Å². The quantitative estimate of drug-likeness (QED) is 0.887. The summed E-state index contributed by atoms with van der Waals surface area (Å²) in [4.78, 5) is 10.4. The van der Waals surface area contributed by atoms with Crippen LogP contribution in [0.1, 0.15) is 5.56 Å². The summed E-state index contributed by atoms with van der Waals surface area (Å²) < 4.78 is 15.7. The summed E-state index contributed by atoms with van der Waals surface area (Å²) in [7, 11) is 0. The van der Waals surface area contributed by atoms with Crippen LogP contribution in [0.4, 0.5) is 4.39 Å². The number of carboxylic acid groups (broad SMARTS) is 1. The van der Waals surface area contributed by atoms with Gasteiger partial charge in [0.25, 0.3) is 0 Å². The summed E-state index contributed by atoms with van der Waals surface area (Å²) in [5.41, 5.74) is 0.977. The van der Waals surface area contributed by atoms with Crippen LogP contribution < -0.4 is 0 Å². The zero-order chi connectivity index (χ0) is 13.1. The van der Waals surface area contributed by atoms with Gasteiger partial charge in [-0.2, -0.15) is 5.10 Å². The Balaban J connectivity index is 2.41. The molecular formula is C12H8BrFN2O2. The van der Waals surface area contributed by atoms with E-state index in [1.54, 1.807) is 18.5 Å². The number of aliphatic carboxylic acids is 1. The fraction of sp³-hybridized carbons (Fsp3) is 0. The Morgan fingerprint density at radius 2 is 2.22 bits per heavy atom. The minimum atomic E-state index is -1.08. The molecule has 1 heterocycles. The van der Waals surface area contributed by atoms with Crippen LogP contribution >= 0.6 is 15.9 Å². The van der Waals surface area contributed by atoms with Crippen LogP contribution in [-0.4, -0.2) is 20.9 Å². The number of aromatic nitrogens is 2. The molecule has 0 amide bonds. The van der Waals surface area contributed by atoms with Gasteiger partial charge in [0.2, 0.25) is 0 Å². The Kier molecular flexibility index (Phi) is 3.57. The van der Waals surface area contributed by atoms with Gasteiger partial charge in [-0.25, -0.2) is 13.9 Å². The zero-order valence-electron chi connectivity index (χ0n) is 9.05. The van der Waals surface area contributed by atoms with Gasteiger partial charge in [0, 0.05) is 12.3 Å². The SMILES string of the molecule is O=C(O)/C=C/c1cc(F)cc(-n2cc(Br)cn2)c1. The molecule has 0 aliphatic carbocycles. The molecule has 0 aliphatic heterocycles. The lowest BCUT2D eigenvalue weighted by molar-refractivity contribution is -0.131. The van der Waals surface area contributed by atoms with E-state index in [2.05, 4.69) is 21.0 Å². The highest BCUT2D eigenvalue weighted by molar-refractivity contribution is 9.10. The summed E-state index contributed by atoms with van der Waals surface area (Å²) in [5.74, 6) is -1.54. The van der Waals surface area contributed by atoms with E-state index in [4.69, 9.17) is 5.11 Å². The molecule has 92 valence electrons. The van der Waals surface area contributed by atoms with Crippen LogP contribution in [0.15, 0.2) is 41.1 Å². The number of carboxylic acids is 1. The van der Waals surface area contributed by atoms with Gasteiger partial charge in [-0.15, -0.1) is 0 Å². The fourth-order valence-corrected chi connectivity index (χ4v) is 1.72. The van der Waals surface area contributed by atoms with Crippen LogP contribution in [0.5, 0.6) is 0 Å². The van der Waals surface area contributed by atoms with E-state index in [1.165, 1.54) is 22.9 Å². The number of nitrogens with zero attached hydrogens (tertiary/aromatic N) is 2. The van der Waals surface area contributed by atoms with Crippen LogP contribution in [0.2, 0.25) is 0 Å². The number of hydrogen-bond donors (Lipinski definition) is 1. The van der Waals surface area contributed by atoms with Crippen molar-refractivity contribution in [2.45, 2.75) is 0 Å². The van der Waals surface area contributed by atoms with Crippen molar-refractivity contribution >= 4 is 28.0 Å². The molecule has 0 saturated heterocycles. The second-order valence-electron chi connectivity index (χ2n) is 3.52. The first kappa shape index (κ1) is 12.5. The van der Waals surface area contributed by atoms with Crippen molar-refractivity contribution in [1.82, 2.24) is 9.78 Å². The minimum Gasteiger partial charge on any atom is -0.478 e. The molecule has 0 spiro atoms. The van der Waals surface area contributed by atoms with Crippen molar-refractivity contribution < 1.29 is 14.3 Å². The number of halogens is 2. The highest BCUT2D eigenvalue weighted by atomic mass is 79.9. The summed E-state index contributed by atoms with van der Waals surface area (Å²) in [6.45, 7) is 0. The molecule has 4 nitrogen and oxygen atoms in total. The third-order valence-corrected chi connectivity index (χ3v) is 2.55. The fourth-order valence-electron chi connectivity index (χ4n) is 1.43. The molecule has 1 N–H and O–H groups in total. The smallest absolute Gasteiger partial charge is 0.328 e. The average Bonchev–Trinajstić information content (AvgIpc) is 2.72. The van der Waals surface area contributed by atoms with Crippen molar-refractivity contribution in [3.8, 4) is 5.69 Å². The lowest BCUT2D eigenvalue weighted by Gasteiger charge is -2.03. The van der Waals surface area contributed by atoms with Gasteiger partial charge in [0.05, 0.1) is 16.4 Å². The lowest BCUT2D eigenvalue weighted by atomic mass is 10.2. The number of carbonyl (C=O) groups is 1. The molecule has 2 aromatic rings. The Hall–Kier alpha value is -1.95. The van der Waals surface area contributed by atoms with E-state index in [-0.39, 0.29) is 0 Å². The highest BCUT2D eigenvalue weighted by Gasteiger charge is 2.03. The molecule has 0 unspecified atom stereocenters. The molecule has 0 aliphatic rings. The van der Waals surface area contributed by atoms with E-state index in [9.17, 15) is 9.18 Å². The van der Waals surface area contributed by atoms with Crippen LogP contribution in [0.3, 0.4) is 0 Å². The average molecular weight is 311 g/mol. The van der Waals surface area contributed by atoms with Gasteiger partial charge < -0.3 is 5.11 Å². The summed E-state index contributed by atoms with van der Waals surface area (Å²) in [6.07, 6.45) is 5.54. The van der Waals surface area contributed by atoms with E-state index in [1.807, 2.05) is 0 Å². The molecule has 1 aromatic heterocycles. The number of hydrogen-bond acceptors (Lipinski definition) is 2. The normalized spacial score (nSPS) is 11.0. The van der Waals surface area contributed by atoms with Crippen LogP contribution in [-0.2, 0) is 4.79 Å². The molecule has 0 bridgehead atoms. The Morgan fingerprint density at radius 1 is 1.44 bits per heavy atom. The Labute approximate surface area is 110 Å². The van der Waals surface area contributed by atoms with Gasteiger partial charge in [-0.3, -0.25) is 0 Å². The summed E-state index contributed by atoms with van der Waals surface area (Å²) >= 11 is 3.25. The minimum absolute atomic E-state index is 0.454. The molecule has 0 fully saturated rings. The second-order valence-corrected chi connectivity index (χ2v) is 4.43. The third-order valence-electron chi connectivity index (χ3n) is 2.14. The largest absolute Gasteiger partial charge is 0.478 e. The zero-order valence-corrected chi connectivity index (χ0v) is 10.6. The summed E-state index contributed by atoms with van der Waals surface area (Å²) in [6, 6.07) is 4.21. The maximum absolute atomic E-state index is 13.4. The van der Waals surface area contributed by atoms with E-state index >= 15 is 0 Å². The van der Waals surface area contributed by atoms with Gasteiger partial charge in [0.15, 0.2) is 0 Å². The maximum atomic E-state index is 13.4. The number of benzene rings is 1. The molecule has 18 heavy (non-hydrogen) atoms. The van der Waals surface area contributed by atoms with Gasteiger partial charge in [-0.1, -0.05) is 0 Å². The standard InChI is InChI=1S/C12H8BrFN2O2/c13-9-6-15-16(7-9)11-4-8(1-2-12(17)18)3-10(14)5-11/h1-7H,(H,17,18)/b2-1+. The van der Waals surface area contributed by atoms with Crippen LogP contribution in [0, 0.1) is 5.82 Å². The van der Waals surface area contributed by atoms with Crippen molar-refractivity contribution in [3.63, 3.8) is 0 Å². The number of rotatable bonds is 3. The third kappa shape index (κ3) is 3.04. The van der Waals surface area contributed by atoms with Crippen molar-refractivity contribution in [3.05, 3.63) is 52.5 Å². The van der Waals surface area contributed by atoms with E-state index in [0.29, 0.717) is 11.3 Å². The Bertz CT molecular complexity index is 622. The van der Waals surface area contributed by atoms with Crippen molar-refractivity contribution in [1.29, 1.82) is 0 Å². The van der Waals surface area contributed by atoms with Crippen molar-refractivity contribution in [2.24, 2.45) is 0 Å². The molecular weight excluding hydrogens is 303 g/mol. The molecule has 1 aromatic carbocycles. The second kappa shape index (κ2) is 5.14. The molecule has 0 radical (unpaired) electrons. The van der Waals surface area contributed by atoms with Crippen molar-refractivity contribution in [2.75, 3.05) is 0 Å².